The molecule has 1 saturated carbocycles. The lowest BCUT2D eigenvalue weighted by atomic mass is 10.2. The number of pyridine rings is 1. The van der Waals surface area contributed by atoms with E-state index in [1.54, 1.807) is 38.6 Å². The number of rotatable bonds is 4. The number of hydrogen-bond donors (Lipinski definition) is 0. The molecule has 1 fully saturated rings. The molecule has 104 valence electrons. The minimum Gasteiger partial charge on any atom is -0.481 e. The molecule has 2 aromatic rings. The van der Waals surface area contributed by atoms with Crippen molar-refractivity contribution in [1.82, 2.24) is 10.1 Å². The predicted molar refractivity (Wildman–Crippen MR) is 72.0 cm³/mol. The molecular weight excluding hydrogens is 258 g/mol. The van der Waals surface area contributed by atoms with E-state index in [-0.39, 0.29) is 5.91 Å². The molecule has 20 heavy (non-hydrogen) atoms. The van der Waals surface area contributed by atoms with Crippen molar-refractivity contribution in [2.45, 2.75) is 18.8 Å². The van der Waals surface area contributed by atoms with Gasteiger partial charge in [0.05, 0.1) is 19.0 Å². The number of nitrogens with zero attached hydrogens (tertiary/aromatic N) is 3. The van der Waals surface area contributed by atoms with Gasteiger partial charge in [0, 0.05) is 25.1 Å². The van der Waals surface area contributed by atoms with E-state index in [2.05, 4.69) is 10.1 Å². The monoisotopic (exact) mass is 273 g/mol. The van der Waals surface area contributed by atoms with Gasteiger partial charge in [-0.15, -0.1) is 0 Å². The number of ether oxygens (including phenoxy) is 1. The Hall–Kier alpha value is -2.37. The van der Waals surface area contributed by atoms with E-state index < -0.39 is 0 Å². The van der Waals surface area contributed by atoms with Crippen LogP contribution in [0.2, 0.25) is 0 Å². The first-order valence-electron chi connectivity index (χ1n) is 6.43. The lowest BCUT2D eigenvalue weighted by molar-refractivity contribution is 0.0984. The highest BCUT2D eigenvalue weighted by Gasteiger charge is 2.29. The number of methoxy groups -OCH3 is 1. The molecule has 0 atom stereocenters. The first-order valence-corrected chi connectivity index (χ1v) is 6.43. The summed E-state index contributed by atoms with van der Waals surface area (Å²) < 4.78 is 10.2. The molecule has 0 N–H and O–H groups in total. The molecular formula is C14H15N3O3. The average molecular weight is 273 g/mol. The second kappa shape index (κ2) is 4.96. The van der Waals surface area contributed by atoms with Crippen LogP contribution in [-0.2, 0) is 0 Å². The van der Waals surface area contributed by atoms with Crippen LogP contribution in [0.5, 0.6) is 5.88 Å². The fourth-order valence-electron chi connectivity index (χ4n) is 1.93. The molecule has 6 nitrogen and oxygen atoms in total. The first-order chi connectivity index (χ1) is 9.69. The smallest absolute Gasteiger partial charge is 0.280 e. The van der Waals surface area contributed by atoms with E-state index in [4.69, 9.17) is 9.26 Å². The van der Waals surface area contributed by atoms with Crippen LogP contribution >= 0.6 is 0 Å². The van der Waals surface area contributed by atoms with Crippen molar-refractivity contribution in [1.29, 1.82) is 0 Å². The fraction of sp³-hybridized carbons (Fsp3) is 0.357. The topological polar surface area (TPSA) is 68.5 Å². The van der Waals surface area contributed by atoms with E-state index >= 15 is 0 Å². The third-order valence-electron chi connectivity index (χ3n) is 3.35. The van der Waals surface area contributed by atoms with E-state index in [0.717, 1.165) is 18.6 Å². The normalized spacial score (nSPS) is 14.1. The molecule has 0 aliphatic heterocycles. The van der Waals surface area contributed by atoms with Crippen molar-refractivity contribution in [3.05, 3.63) is 35.9 Å². The third kappa shape index (κ3) is 2.36. The van der Waals surface area contributed by atoms with Crippen LogP contribution in [0.15, 0.2) is 28.9 Å². The van der Waals surface area contributed by atoms with Gasteiger partial charge in [-0.05, 0) is 18.9 Å². The molecule has 6 heteroatoms. The molecule has 2 heterocycles. The van der Waals surface area contributed by atoms with Crippen LogP contribution in [0.3, 0.4) is 0 Å². The lowest BCUT2D eigenvalue weighted by Gasteiger charge is -2.15. The van der Waals surface area contributed by atoms with Crippen molar-refractivity contribution >= 4 is 11.6 Å². The highest BCUT2D eigenvalue weighted by Crippen LogP contribution is 2.40. The SMILES string of the molecule is COc1ccc(N(C)C(=O)c2cc(C3CC3)on2)cn1. The van der Waals surface area contributed by atoms with Gasteiger partial charge in [-0.3, -0.25) is 4.79 Å². The molecule has 3 rings (SSSR count). The van der Waals surface area contributed by atoms with Gasteiger partial charge in [-0.25, -0.2) is 4.98 Å². The number of carbonyl (C=O) groups is 1. The van der Waals surface area contributed by atoms with Crippen molar-refractivity contribution in [3.8, 4) is 5.88 Å². The third-order valence-corrected chi connectivity index (χ3v) is 3.35. The zero-order valence-electron chi connectivity index (χ0n) is 11.4. The Balaban J connectivity index is 1.77. The van der Waals surface area contributed by atoms with E-state index in [9.17, 15) is 4.79 Å². The Morgan fingerprint density at radius 1 is 1.45 bits per heavy atom. The van der Waals surface area contributed by atoms with Crippen LogP contribution in [0.1, 0.15) is 35.0 Å². The van der Waals surface area contributed by atoms with Gasteiger partial charge < -0.3 is 14.2 Å². The summed E-state index contributed by atoms with van der Waals surface area (Å²) in [5.74, 6) is 1.53. The molecule has 0 radical (unpaired) electrons. The zero-order chi connectivity index (χ0) is 14.1. The maximum Gasteiger partial charge on any atom is 0.280 e. The number of carbonyl (C=O) groups excluding carboxylic acids is 1. The van der Waals surface area contributed by atoms with Crippen LogP contribution < -0.4 is 9.64 Å². The molecule has 1 aliphatic rings. The molecule has 1 amide bonds. The standard InChI is InChI=1S/C14H15N3O3/c1-17(10-5-6-13(19-2)15-8-10)14(18)11-7-12(20-16-11)9-3-4-9/h5-9H,3-4H2,1-2H3. The first kappa shape index (κ1) is 12.7. The minimum atomic E-state index is -0.215. The van der Waals surface area contributed by atoms with Gasteiger partial charge in [0.25, 0.3) is 5.91 Å². The Morgan fingerprint density at radius 3 is 2.85 bits per heavy atom. The highest BCUT2D eigenvalue weighted by molar-refractivity contribution is 6.04. The second-order valence-electron chi connectivity index (χ2n) is 4.81. The molecule has 0 unspecified atom stereocenters. The molecule has 0 saturated heterocycles. The van der Waals surface area contributed by atoms with Gasteiger partial charge in [-0.1, -0.05) is 5.16 Å². The van der Waals surface area contributed by atoms with Gasteiger partial charge in [0.2, 0.25) is 5.88 Å². The molecule has 0 spiro atoms. The lowest BCUT2D eigenvalue weighted by Crippen LogP contribution is -2.26. The Labute approximate surface area is 116 Å². The zero-order valence-corrected chi connectivity index (χ0v) is 11.4. The number of amides is 1. The van der Waals surface area contributed by atoms with E-state index in [0.29, 0.717) is 23.2 Å². The molecule has 0 bridgehead atoms. The maximum absolute atomic E-state index is 12.3. The summed E-state index contributed by atoms with van der Waals surface area (Å²) in [5, 5.41) is 3.85. The summed E-state index contributed by atoms with van der Waals surface area (Å²) in [4.78, 5) is 17.9. The van der Waals surface area contributed by atoms with Gasteiger partial charge in [0.15, 0.2) is 5.69 Å². The predicted octanol–water partition coefficient (Wildman–Crippen LogP) is 2.23. The van der Waals surface area contributed by atoms with Gasteiger partial charge in [-0.2, -0.15) is 0 Å². The quantitative estimate of drug-likeness (QED) is 0.854. The van der Waals surface area contributed by atoms with Gasteiger partial charge >= 0.3 is 0 Å². The fourth-order valence-corrected chi connectivity index (χ4v) is 1.93. The Morgan fingerprint density at radius 2 is 2.25 bits per heavy atom. The van der Waals surface area contributed by atoms with Crippen LogP contribution in [-0.4, -0.2) is 30.2 Å². The number of anilines is 1. The minimum absolute atomic E-state index is 0.215. The van der Waals surface area contributed by atoms with Crippen molar-refractivity contribution in [3.63, 3.8) is 0 Å². The summed E-state index contributed by atoms with van der Waals surface area (Å²) in [6.07, 6.45) is 3.81. The van der Waals surface area contributed by atoms with Crippen LogP contribution in [0.25, 0.3) is 0 Å². The summed E-state index contributed by atoms with van der Waals surface area (Å²) in [6, 6.07) is 5.20. The summed E-state index contributed by atoms with van der Waals surface area (Å²) in [5.41, 5.74) is 0.997. The van der Waals surface area contributed by atoms with Crippen LogP contribution in [0, 0.1) is 0 Å². The summed E-state index contributed by atoms with van der Waals surface area (Å²) in [7, 11) is 3.23. The maximum atomic E-state index is 12.3. The summed E-state index contributed by atoms with van der Waals surface area (Å²) >= 11 is 0. The average Bonchev–Trinajstić information content (AvgIpc) is 3.23. The van der Waals surface area contributed by atoms with Crippen molar-refractivity contribution in [2.24, 2.45) is 0 Å². The van der Waals surface area contributed by atoms with Crippen molar-refractivity contribution < 1.29 is 14.1 Å². The Kier molecular flexibility index (Phi) is 3.14. The van der Waals surface area contributed by atoms with E-state index in [1.807, 2.05) is 0 Å². The van der Waals surface area contributed by atoms with Gasteiger partial charge in [0.1, 0.15) is 5.76 Å². The number of hydrogen-bond acceptors (Lipinski definition) is 5. The number of aromatic nitrogens is 2. The molecule has 0 aromatic carbocycles. The Bertz CT molecular complexity index is 617. The molecule has 2 aromatic heterocycles. The summed E-state index contributed by atoms with van der Waals surface area (Å²) in [6.45, 7) is 0. The largest absolute Gasteiger partial charge is 0.481 e. The second-order valence-corrected chi connectivity index (χ2v) is 4.81. The molecule has 1 aliphatic carbocycles. The van der Waals surface area contributed by atoms with E-state index in [1.165, 1.54) is 4.90 Å². The van der Waals surface area contributed by atoms with Crippen LogP contribution in [0.4, 0.5) is 5.69 Å². The highest BCUT2D eigenvalue weighted by atomic mass is 16.5. The van der Waals surface area contributed by atoms with Crippen molar-refractivity contribution in [2.75, 3.05) is 19.1 Å².